The van der Waals surface area contributed by atoms with Crippen LogP contribution in [-0.4, -0.2) is 0 Å². The zero-order chi connectivity index (χ0) is 12.5. The fourth-order valence-corrected chi connectivity index (χ4v) is 10.8. The topological polar surface area (TPSA) is 0 Å². The van der Waals surface area contributed by atoms with E-state index in [0.29, 0.717) is 0 Å². The summed E-state index contributed by atoms with van der Waals surface area (Å²) in [5.74, 6) is 0. The van der Waals surface area contributed by atoms with Crippen molar-refractivity contribution in [1.29, 1.82) is 0 Å². The minimum atomic E-state index is 1.38. The Bertz CT molecular complexity index is 505. The van der Waals surface area contributed by atoms with Crippen LogP contribution in [0.15, 0.2) is 45.7 Å². The first-order chi connectivity index (χ1) is 8.72. The number of hydrogen-bond donors (Lipinski definition) is 0. The van der Waals surface area contributed by atoms with Gasteiger partial charge in [-0.15, -0.1) is 0 Å². The molecular formula is C10H4I2S6. The molecule has 0 atom stereocenters. The third kappa shape index (κ3) is 3.72. The molecule has 0 amide bonds. The van der Waals surface area contributed by atoms with Gasteiger partial charge in [0.15, 0.2) is 0 Å². The van der Waals surface area contributed by atoms with E-state index in [1.807, 2.05) is 70.6 Å². The van der Waals surface area contributed by atoms with E-state index in [0.717, 1.165) is 0 Å². The Kier molecular flexibility index (Phi) is 5.91. The summed E-state index contributed by atoms with van der Waals surface area (Å²) in [5, 5.41) is 4.32. The molecule has 0 fully saturated rings. The van der Waals surface area contributed by atoms with Crippen LogP contribution in [0.5, 0.6) is 0 Å². The van der Waals surface area contributed by atoms with Gasteiger partial charge in [0.25, 0.3) is 0 Å². The monoisotopic (exact) mass is 570 g/mol. The zero-order valence-electron chi connectivity index (χ0n) is 8.51. The highest BCUT2D eigenvalue weighted by atomic mass is 127. The predicted molar refractivity (Wildman–Crippen MR) is 113 cm³/mol. The van der Waals surface area contributed by atoms with Crippen molar-refractivity contribution in [1.82, 2.24) is 0 Å². The average Bonchev–Trinajstić information content (AvgIpc) is 2.91. The van der Waals surface area contributed by atoms with Gasteiger partial charge in [-0.3, -0.25) is 0 Å². The maximum absolute atomic E-state index is 2.41. The lowest BCUT2D eigenvalue weighted by atomic mass is 10.6. The molecule has 0 aromatic rings. The van der Waals surface area contributed by atoms with Crippen LogP contribution in [0, 0.1) is 0 Å². The van der Waals surface area contributed by atoms with Gasteiger partial charge in [-0.05, 0) is 68.1 Å². The van der Waals surface area contributed by atoms with Crippen LogP contribution in [0.3, 0.4) is 0 Å². The maximum Gasteiger partial charge on any atom is 0.0712 e. The van der Waals surface area contributed by atoms with Crippen LogP contribution < -0.4 is 0 Å². The van der Waals surface area contributed by atoms with Crippen LogP contribution >= 0.6 is 116 Å². The van der Waals surface area contributed by atoms with Crippen LogP contribution in [-0.2, 0) is 0 Å². The summed E-state index contributed by atoms with van der Waals surface area (Å²) < 4.78 is 8.41. The van der Waals surface area contributed by atoms with Crippen molar-refractivity contribution in [3.8, 4) is 0 Å². The summed E-state index contributed by atoms with van der Waals surface area (Å²) in [6.45, 7) is 0. The van der Waals surface area contributed by atoms with E-state index in [1.54, 1.807) is 0 Å². The van der Waals surface area contributed by atoms with E-state index in [9.17, 15) is 0 Å². The molecule has 3 aliphatic rings. The van der Waals surface area contributed by atoms with Gasteiger partial charge in [0.2, 0.25) is 0 Å². The van der Waals surface area contributed by atoms with Crippen LogP contribution in [0.25, 0.3) is 0 Å². The molecule has 3 heterocycles. The molecule has 0 unspecified atom stereocenters. The summed E-state index contributed by atoms with van der Waals surface area (Å²) >= 11 is 16.0. The Morgan fingerprint density at radius 2 is 1.17 bits per heavy atom. The smallest absolute Gasteiger partial charge is 0.0712 e. The number of allylic oxidation sites excluding steroid dienone is 2. The van der Waals surface area contributed by atoms with Crippen LogP contribution in [0.1, 0.15) is 0 Å². The molecule has 0 radical (unpaired) electrons. The number of thioether (sulfide) groups is 6. The van der Waals surface area contributed by atoms with Crippen molar-refractivity contribution in [2.75, 3.05) is 0 Å². The van der Waals surface area contributed by atoms with E-state index in [1.165, 1.54) is 22.8 Å². The first kappa shape index (κ1) is 15.2. The highest BCUT2D eigenvalue weighted by molar-refractivity contribution is 14.1. The van der Waals surface area contributed by atoms with E-state index in [4.69, 9.17) is 0 Å². The van der Waals surface area contributed by atoms with E-state index >= 15 is 0 Å². The highest BCUT2D eigenvalue weighted by Gasteiger charge is 2.23. The van der Waals surface area contributed by atoms with Crippen molar-refractivity contribution < 1.29 is 0 Å². The molecule has 8 heteroatoms. The largest absolute Gasteiger partial charge is 0.0884 e. The quantitative estimate of drug-likeness (QED) is 0.294. The normalized spacial score (nSPS) is 23.0. The van der Waals surface area contributed by atoms with Crippen LogP contribution in [0.2, 0.25) is 0 Å². The molecule has 0 N–H and O–H groups in total. The molecule has 0 bridgehead atoms. The number of hydrogen-bond acceptors (Lipinski definition) is 6. The average molecular weight is 570 g/mol. The second-order valence-electron chi connectivity index (χ2n) is 3.01. The Hall–Kier alpha value is 2.26. The molecule has 0 spiro atoms. The predicted octanol–water partition coefficient (Wildman–Crippen LogP) is 7.70. The molecule has 0 saturated carbocycles. The van der Waals surface area contributed by atoms with Crippen molar-refractivity contribution in [3.63, 3.8) is 0 Å². The summed E-state index contributed by atoms with van der Waals surface area (Å²) in [5.41, 5.74) is 0. The van der Waals surface area contributed by atoms with Gasteiger partial charge < -0.3 is 0 Å². The Morgan fingerprint density at radius 3 is 1.67 bits per heavy atom. The third-order valence-electron chi connectivity index (χ3n) is 1.85. The minimum absolute atomic E-state index is 1.38. The molecule has 0 aliphatic carbocycles. The van der Waals surface area contributed by atoms with Gasteiger partial charge >= 0.3 is 0 Å². The molecular weight excluding hydrogens is 566 g/mol. The SMILES string of the molecule is IC1=C(I)SC(=CC=C2SC3=C(SC=CS3)S2)S1. The first-order valence-corrected chi connectivity index (χ1v) is 11.8. The zero-order valence-corrected chi connectivity index (χ0v) is 17.7. The molecule has 94 valence electrons. The molecule has 0 aromatic heterocycles. The Labute approximate surface area is 159 Å². The highest BCUT2D eigenvalue weighted by Crippen LogP contribution is 2.60. The second kappa shape index (κ2) is 7.01. The molecule has 0 aromatic carbocycles. The van der Waals surface area contributed by atoms with Crippen LogP contribution in [0.4, 0.5) is 0 Å². The molecule has 0 nitrogen and oxygen atoms in total. The Balaban J connectivity index is 1.65. The summed E-state index contributed by atoms with van der Waals surface area (Å²) in [4.78, 5) is 0. The summed E-state index contributed by atoms with van der Waals surface area (Å²) in [6.07, 6.45) is 4.50. The van der Waals surface area contributed by atoms with Crippen molar-refractivity contribution in [2.45, 2.75) is 0 Å². The van der Waals surface area contributed by atoms with Gasteiger partial charge in [0.05, 0.1) is 22.8 Å². The van der Waals surface area contributed by atoms with Gasteiger partial charge in [0.1, 0.15) is 0 Å². The summed E-state index contributed by atoms with van der Waals surface area (Å²) in [6, 6.07) is 0. The number of halogens is 2. The van der Waals surface area contributed by atoms with E-state index in [2.05, 4.69) is 68.1 Å². The lowest BCUT2D eigenvalue weighted by Gasteiger charge is -2.02. The van der Waals surface area contributed by atoms with Gasteiger partial charge in [0, 0.05) is 0 Å². The van der Waals surface area contributed by atoms with Crippen molar-refractivity contribution >= 4 is 116 Å². The molecule has 0 saturated heterocycles. The van der Waals surface area contributed by atoms with Crippen molar-refractivity contribution in [2.24, 2.45) is 0 Å². The third-order valence-corrected chi connectivity index (χ3v) is 13.2. The minimum Gasteiger partial charge on any atom is -0.0884 e. The van der Waals surface area contributed by atoms with E-state index in [-0.39, 0.29) is 0 Å². The maximum atomic E-state index is 2.41. The molecule has 18 heavy (non-hydrogen) atoms. The standard InChI is InChI=1S/C10H4I2S6/c11-7-8(12)16-5(15-7)1-2-6-17-9-10(18-6)14-4-3-13-9/h1-4H. The fraction of sp³-hybridized carbons (Fsp3) is 0. The van der Waals surface area contributed by atoms with Gasteiger partial charge in [-0.25, -0.2) is 0 Å². The lowest BCUT2D eigenvalue weighted by Crippen LogP contribution is -1.68. The Morgan fingerprint density at radius 1 is 0.722 bits per heavy atom. The van der Waals surface area contributed by atoms with E-state index < -0.39 is 0 Å². The lowest BCUT2D eigenvalue weighted by molar-refractivity contribution is 2.05. The van der Waals surface area contributed by atoms with Gasteiger partial charge in [-0.2, -0.15) is 0 Å². The molecule has 3 rings (SSSR count). The number of rotatable bonds is 1. The second-order valence-corrected chi connectivity index (χ2v) is 13.7. The summed E-state index contributed by atoms with van der Waals surface area (Å²) in [7, 11) is 0. The fourth-order valence-electron chi connectivity index (χ4n) is 1.16. The van der Waals surface area contributed by atoms with Crippen molar-refractivity contribution in [3.05, 3.63) is 45.7 Å². The molecule has 3 aliphatic heterocycles. The van der Waals surface area contributed by atoms with Gasteiger partial charge in [-0.1, -0.05) is 70.6 Å². The first-order valence-electron chi connectivity index (χ1n) is 4.63.